The molecule has 1 aromatic heterocycles. The van der Waals surface area contributed by atoms with E-state index in [0.29, 0.717) is 24.7 Å². The van der Waals surface area contributed by atoms with E-state index in [0.717, 1.165) is 12.2 Å². The number of halogens is 2. The minimum Gasteiger partial charge on any atom is -0.397 e. The van der Waals surface area contributed by atoms with Gasteiger partial charge in [-0.15, -0.1) is 24.8 Å². The van der Waals surface area contributed by atoms with Crippen LogP contribution in [0.2, 0.25) is 0 Å². The van der Waals surface area contributed by atoms with Crippen LogP contribution in [-0.2, 0) is 11.2 Å². The average Bonchev–Trinajstić information content (AvgIpc) is 2.95. The highest BCUT2D eigenvalue weighted by atomic mass is 35.5. The van der Waals surface area contributed by atoms with Crippen LogP contribution in [0.4, 0.5) is 5.69 Å². The lowest BCUT2D eigenvalue weighted by molar-refractivity contribution is -0.120. The van der Waals surface area contributed by atoms with Gasteiger partial charge >= 0.3 is 0 Å². The number of aromatic nitrogens is 1. The van der Waals surface area contributed by atoms with Gasteiger partial charge in [-0.25, -0.2) is 0 Å². The van der Waals surface area contributed by atoms with Gasteiger partial charge in [0, 0.05) is 24.8 Å². The first-order valence-corrected chi connectivity index (χ1v) is 7.32. The largest absolute Gasteiger partial charge is 0.397 e. The van der Waals surface area contributed by atoms with Gasteiger partial charge in [0.1, 0.15) is 0 Å². The maximum absolute atomic E-state index is 11.8. The lowest BCUT2D eigenvalue weighted by Gasteiger charge is -2.23. The van der Waals surface area contributed by atoms with Crippen molar-refractivity contribution < 1.29 is 4.79 Å². The van der Waals surface area contributed by atoms with Crippen LogP contribution in [0.25, 0.3) is 0 Å². The molecule has 0 radical (unpaired) electrons. The van der Waals surface area contributed by atoms with Gasteiger partial charge in [-0.3, -0.25) is 9.78 Å². The molecule has 1 amide bonds. The fourth-order valence-corrected chi connectivity index (χ4v) is 2.67. The predicted molar refractivity (Wildman–Crippen MR) is 94.7 cm³/mol. The molecule has 7 heteroatoms. The van der Waals surface area contributed by atoms with Gasteiger partial charge in [-0.05, 0) is 32.0 Å². The molecule has 1 aromatic rings. The summed E-state index contributed by atoms with van der Waals surface area (Å²) in [4.78, 5) is 18.3. The molecule has 1 aliphatic rings. The summed E-state index contributed by atoms with van der Waals surface area (Å²) < 4.78 is 0. The lowest BCUT2D eigenvalue weighted by atomic mass is 10.2. The fourth-order valence-electron chi connectivity index (χ4n) is 2.67. The summed E-state index contributed by atoms with van der Waals surface area (Å²) in [5.41, 5.74) is 6.93. The number of pyridine rings is 1. The van der Waals surface area contributed by atoms with Crippen LogP contribution in [-0.4, -0.2) is 42.0 Å². The Balaban J connectivity index is 0.00000220. The van der Waals surface area contributed by atoms with Crippen LogP contribution in [0.15, 0.2) is 18.3 Å². The van der Waals surface area contributed by atoms with Crippen molar-refractivity contribution in [1.82, 2.24) is 15.2 Å². The van der Waals surface area contributed by atoms with E-state index in [-0.39, 0.29) is 30.7 Å². The molecule has 0 saturated heterocycles. The number of hydrogen-bond donors (Lipinski definition) is 2. The molecule has 0 unspecified atom stereocenters. The molecule has 126 valence electrons. The Kier molecular flexibility index (Phi) is 10.1. The van der Waals surface area contributed by atoms with E-state index in [4.69, 9.17) is 5.73 Å². The van der Waals surface area contributed by atoms with Crippen LogP contribution >= 0.6 is 24.8 Å². The van der Waals surface area contributed by atoms with E-state index >= 15 is 0 Å². The van der Waals surface area contributed by atoms with E-state index in [1.165, 1.54) is 25.7 Å². The van der Waals surface area contributed by atoms with Crippen molar-refractivity contribution in [2.45, 2.75) is 38.1 Å². The van der Waals surface area contributed by atoms with E-state index in [1.54, 1.807) is 18.3 Å². The zero-order chi connectivity index (χ0) is 14.4. The number of carbonyl (C=O) groups is 1. The van der Waals surface area contributed by atoms with Crippen molar-refractivity contribution in [3.05, 3.63) is 24.0 Å². The number of carbonyl (C=O) groups excluding carboxylic acids is 1. The number of nitrogen functional groups attached to an aromatic ring is 1. The monoisotopic (exact) mass is 348 g/mol. The first kappa shape index (κ1) is 21.0. The second kappa shape index (κ2) is 10.6. The van der Waals surface area contributed by atoms with Gasteiger partial charge in [0.2, 0.25) is 5.91 Å². The number of nitrogens with zero attached hydrogens (tertiary/aromatic N) is 2. The molecule has 2 rings (SSSR count). The van der Waals surface area contributed by atoms with E-state index in [2.05, 4.69) is 22.2 Å². The third kappa shape index (κ3) is 6.81. The Bertz CT molecular complexity index is 436. The minimum atomic E-state index is 0. The molecule has 0 aromatic carbocycles. The van der Waals surface area contributed by atoms with Crippen molar-refractivity contribution in [3.8, 4) is 0 Å². The molecule has 0 atom stereocenters. The van der Waals surface area contributed by atoms with Gasteiger partial charge < -0.3 is 16.0 Å². The highest BCUT2D eigenvalue weighted by molar-refractivity contribution is 5.85. The number of rotatable bonds is 6. The summed E-state index contributed by atoms with van der Waals surface area (Å²) >= 11 is 0. The second-order valence-electron chi connectivity index (χ2n) is 5.53. The maximum Gasteiger partial charge on any atom is 0.226 e. The predicted octanol–water partition coefficient (Wildman–Crippen LogP) is 2.04. The number of anilines is 1. The Morgan fingerprint density at radius 1 is 1.36 bits per heavy atom. The van der Waals surface area contributed by atoms with Crippen LogP contribution in [0.1, 0.15) is 31.4 Å². The molecule has 1 heterocycles. The molecule has 1 saturated carbocycles. The van der Waals surface area contributed by atoms with Gasteiger partial charge in [0.25, 0.3) is 0 Å². The molecule has 0 bridgehead atoms. The van der Waals surface area contributed by atoms with Gasteiger partial charge in [0.05, 0.1) is 18.3 Å². The van der Waals surface area contributed by atoms with Gasteiger partial charge in [-0.2, -0.15) is 0 Å². The quantitative estimate of drug-likeness (QED) is 0.825. The first-order chi connectivity index (χ1) is 9.65. The topological polar surface area (TPSA) is 71.2 Å². The molecule has 0 aliphatic heterocycles. The lowest BCUT2D eigenvalue weighted by Crippen LogP contribution is -2.37. The fraction of sp³-hybridized carbons (Fsp3) is 0.600. The average molecular weight is 349 g/mol. The summed E-state index contributed by atoms with van der Waals surface area (Å²) in [7, 11) is 2.14. The molecule has 3 N–H and O–H groups in total. The summed E-state index contributed by atoms with van der Waals surface area (Å²) in [5, 5.41) is 2.95. The molecule has 0 spiro atoms. The Labute approximate surface area is 144 Å². The van der Waals surface area contributed by atoms with Crippen LogP contribution < -0.4 is 11.1 Å². The van der Waals surface area contributed by atoms with E-state index < -0.39 is 0 Å². The smallest absolute Gasteiger partial charge is 0.226 e. The highest BCUT2D eigenvalue weighted by Crippen LogP contribution is 2.21. The summed E-state index contributed by atoms with van der Waals surface area (Å²) in [6.45, 7) is 1.60. The first-order valence-electron chi connectivity index (χ1n) is 7.32. The van der Waals surface area contributed by atoms with Crippen molar-refractivity contribution in [2.75, 3.05) is 25.9 Å². The summed E-state index contributed by atoms with van der Waals surface area (Å²) in [6.07, 6.45) is 7.15. The van der Waals surface area contributed by atoms with Crippen LogP contribution in [0, 0.1) is 0 Å². The zero-order valence-corrected chi connectivity index (χ0v) is 14.6. The van der Waals surface area contributed by atoms with Gasteiger partial charge in [-0.1, -0.05) is 12.8 Å². The van der Waals surface area contributed by atoms with Crippen LogP contribution in [0.5, 0.6) is 0 Å². The standard InChI is InChI=1S/C15H24N4O.2ClH/c1-19(14-4-2-3-5-14)9-8-17-15(20)10-13-7-6-12(16)11-18-13;;/h6-7,11,14H,2-5,8-10,16H2,1H3,(H,17,20);2*1H. The third-order valence-corrected chi connectivity index (χ3v) is 3.92. The molecule has 1 aliphatic carbocycles. The van der Waals surface area contributed by atoms with Crippen molar-refractivity contribution in [1.29, 1.82) is 0 Å². The molecule has 5 nitrogen and oxygen atoms in total. The number of amides is 1. The van der Waals surface area contributed by atoms with E-state index in [1.807, 2.05) is 0 Å². The number of nitrogens with two attached hydrogens (primary N) is 1. The summed E-state index contributed by atoms with van der Waals surface area (Å²) in [5.74, 6) is 0.0158. The van der Waals surface area contributed by atoms with Crippen molar-refractivity contribution in [2.24, 2.45) is 0 Å². The zero-order valence-electron chi connectivity index (χ0n) is 13.0. The second-order valence-corrected chi connectivity index (χ2v) is 5.53. The normalized spacial score (nSPS) is 14.3. The molecular weight excluding hydrogens is 323 g/mol. The van der Waals surface area contributed by atoms with Gasteiger partial charge in [0.15, 0.2) is 0 Å². The SMILES string of the molecule is CN(CCNC(=O)Cc1ccc(N)cn1)C1CCCC1.Cl.Cl. The molecular formula is C15H26Cl2N4O. The third-order valence-electron chi connectivity index (χ3n) is 3.92. The van der Waals surface area contributed by atoms with Crippen molar-refractivity contribution in [3.63, 3.8) is 0 Å². The van der Waals surface area contributed by atoms with Crippen LogP contribution in [0.3, 0.4) is 0 Å². The number of hydrogen-bond acceptors (Lipinski definition) is 4. The molecule has 22 heavy (non-hydrogen) atoms. The number of likely N-dealkylation sites (N-methyl/N-ethyl adjacent to an activating group) is 1. The Morgan fingerprint density at radius 2 is 2.05 bits per heavy atom. The minimum absolute atomic E-state index is 0. The highest BCUT2D eigenvalue weighted by Gasteiger charge is 2.18. The van der Waals surface area contributed by atoms with Crippen molar-refractivity contribution >= 4 is 36.4 Å². The maximum atomic E-state index is 11.8. The Morgan fingerprint density at radius 3 is 2.64 bits per heavy atom. The number of nitrogens with one attached hydrogen (secondary N) is 1. The van der Waals surface area contributed by atoms with E-state index in [9.17, 15) is 4.79 Å². The summed E-state index contributed by atoms with van der Waals surface area (Å²) in [6, 6.07) is 4.26. The molecule has 1 fully saturated rings. The Hall–Kier alpha value is -1.04.